The van der Waals surface area contributed by atoms with Crippen molar-refractivity contribution < 1.29 is 42.1 Å². The summed E-state index contributed by atoms with van der Waals surface area (Å²) in [6.45, 7) is 4.39. The maximum absolute atomic E-state index is 12.9. The third-order valence-electron chi connectivity index (χ3n) is 19.2. The molecule has 10 heteroatoms. The Morgan fingerprint density at radius 3 is 0.878 bits per heavy atom. The molecule has 0 aliphatic rings. The van der Waals surface area contributed by atoms with Crippen molar-refractivity contribution in [2.75, 3.05) is 47.5 Å². The number of carbonyl (C=O) groups is 2. The highest BCUT2D eigenvalue weighted by Crippen LogP contribution is 2.43. The highest BCUT2D eigenvalue weighted by atomic mass is 31.2. The normalized spacial score (nSPS) is 13.3. The van der Waals surface area contributed by atoms with Gasteiger partial charge in [0.2, 0.25) is 0 Å². The molecule has 0 aromatic heterocycles. The van der Waals surface area contributed by atoms with Crippen LogP contribution in [-0.2, 0) is 32.7 Å². The van der Waals surface area contributed by atoms with Crippen LogP contribution in [0.2, 0.25) is 0 Å². The molecule has 0 aromatic carbocycles. The van der Waals surface area contributed by atoms with Gasteiger partial charge in [0.1, 0.15) is 19.8 Å². The largest absolute Gasteiger partial charge is 0.472 e. The minimum Gasteiger partial charge on any atom is -0.462 e. The maximum atomic E-state index is 12.9. The molecule has 1 N–H and O–H groups in total. The van der Waals surface area contributed by atoms with E-state index in [1.54, 1.807) is 0 Å². The summed E-state index contributed by atoms with van der Waals surface area (Å²) in [6, 6.07) is 0. The summed E-state index contributed by atoms with van der Waals surface area (Å²) in [4.78, 5) is 36.0. The zero-order valence-electron chi connectivity index (χ0n) is 65.8. The average molecular weight is 1400 g/mol. The number of rotatable bonds is 80. The summed E-state index contributed by atoms with van der Waals surface area (Å²) in [5, 5.41) is 0. The summed E-state index contributed by atoms with van der Waals surface area (Å²) in [5.74, 6) is -0.773. The molecule has 0 aliphatic carbocycles. The number of nitrogens with zero attached hydrogens (tertiary/aromatic N) is 1. The van der Waals surface area contributed by atoms with E-state index >= 15 is 0 Å². The van der Waals surface area contributed by atoms with Gasteiger partial charge in [0.05, 0.1) is 27.7 Å². The Kier molecular flexibility index (Phi) is 76.5. The van der Waals surface area contributed by atoms with Gasteiger partial charge < -0.3 is 18.9 Å². The number of unbranched alkanes of at least 4 members (excludes halogenated alkanes) is 54. The van der Waals surface area contributed by atoms with Crippen molar-refractivity contribution in [2.24, 2.45) is 0 Å². The predicted octanol–water partition coefficient (Wildman–Crippen LogP) is 28.6. The second kappa shape index (κ2) is 78.6. The van der Waals surface area contributed by atoms with Crippen LogP contribution in [0.1, 0.15) is 425 Å². The number of esters is 2. The Bertz CT molecular complexity index is 1890. The Balaban J connectivity index is 3.88. The summed E-state index contributed by atoms with van der Waals surface area (Å²) >= 11 is 0. The van der Waals surface area contributed by atoms with E-state index in [2.05, 4.69) is 86.8 Å². The molecule has 0 spiro atoms. The molecule has 0 radical (unpaired) electrons. The summed E-state index contributed by atoms with van der Waals surface area (Å²) in [6.07, 6.45) is 108. The molecule has 0 rings (SSSR count). The van der Waals surface area contributed by atoms with E-state index in [1.165, 1.54) is 327 Å². The van der Waals surface area contributed by atoms with Gasteiger partial charge in [0.15, 0.2) is 6.10 Å². The van der Waals surface area contributed by atoms with E-state index in [4.69, 9.17) is 18.5 Å². The topological polar surface area (TPSA) is 108 Å². The lowest BCUT2D eigenvalue weighted by atomic mass is 10.0. The molecule has 2 atom stereocenters. The fraction of sp³-hybridized carbons (Fsp3) is 0.841. The van der Waals surface area contributed by atoms with E-state index in [1.807, 2.05) is 21.1 Å². The first-order valence-corrected chi connectivity index (χ1v) is 44.2. The molecule has 0 aliphatic heterocycles. The van der Waals surface area contributed by atoms with Gasteiger partial charge in [-0.1, -0.05) is 401 Å². The van der Waals surface area contributed by atoms with Crippen LogP contribution in [-0.4, -0.2) is 74.9 Å². The second-order valence-corrected chi connectivity index (χ2v) is 31.6. The molecule has 98 heavy (non-hydrogen) atoms. The zero-order valence-corrected chi connectivity index (χ0v) is 66.7. The number of phosphoric acid groups is 1. The number of phosphoric ester groups is 1. The lowest BCUT2D eigenvalue weighted by molar-refractivity contribution is -0.870. The van der Waals surface area contributed by atoms with Crippen molar-refractivity contribution in [3.8, 4) is 0 Å². The standard InChI is InChI=1S/C88H164NO8P/c1-6-8-10-12-14-16-18-20-22-24-26-28-30-32-34-36-38-40-42-44-46-48-50-52-54-56-58-60-62-64-66-68-70-72-74-76-78-80-87(90)94-84-86(85-96-98(92,93)95-83-82-89(3,4)5)97-88(91)81-79-77-75-73-71-69-67-65-63-61-59-57-55-53-51-49-47-45-43-41-39-37-35-33-31-29-27-25-23-21-19-17-15-13-11-9-7-2/h9,11,15,17,21,23-24,26-27,29,33,35,86H,6-8,10,12-14,16,18-20,22,25,28,30-32,34,36-85H2,1-5H3/p+1/b11-9-,17-15-,23-21-,26-24-,29-27-,35-33-. The zero-order chi connectivity index (χ0) is 71.1. The SMILES string of the molecule is CC/C=C\C/C=C\C/C=C\C/C=C\C/C=C\CCCCCCCCCCCCCCCCCCCCCCCC(=O)OC(COC(=O)CCCCCCCCCCCCCCCCCCCCCCCCCCC/C=C\CCCCCCCCCC)COP(=O)(O)OCC[N+](C)(C)C. The van der Waals surface area contributed by atoms with Crippen molar-refractivity contribution in [1.82, 2.24) is 0 Å². The highest BCUT2D eigenvalue weighted by Gasteiger charge is 2.27. The van der Waals surface area contributed by atoms with Gasteiger partial charge in [0, 0.05) is 12.8 Å². The Labute approximate surface area is 609 Å². The summed E-state index contributed by atoms with van der Waals surface area (Å²) < 4.78 is 34.9. The molecule has 0 bridgehead atoms. The first kappa shape index (κ1) is 95.5. The van der Waals surface area contributed by atoms with Crippen LogP contribution in [0.3, 0.4) is 0 Å². The molecule has 0 saturated heterocycles. The number of allylic oxidation sites excluding steroid dienone is 12. The molecular weight excluding hydrogens is 1230 g/mol. The predicted molar refractivity (Wildman–Crippen MR) is 427 cm³/mol. The minimum absolute atomic E-state index is 0.0338. The molecule has 9 nitrogen and oxygen atoms in total. The first-order chi connectivity index (χ1) is 48.0. The van der Waals surface area contributed by atoms with E-state index in [0.29, 0.717) is 23.9 Å². The fourth-order valence-electron chi connectivity index (χ4n) is 12.8. The Morgan fingerprint density at radius 2 is 0.582 bits per heavy atom. The number of hydrogen-bond donors (Lipinski definition) is 1. The molecule has 0 amide bonds. The maximum Gasteiger partial charge on any atom is 0.472 e. The highest BCUT2D eigenvalue weighted by molar-refractivity contribution is 7.47. The third kappa shape index (κ3) is 82.4. The molecule has 0 aromatic rings. The summed E-state index contributed by atoms with van der Waals surface area (Å²) in [7, 11) is 1.50. The van der Waals surface area contributed by atoms with Crippen molar-refractivity contribution in [3.63, 3.8) is 0 Å². The van der Waals surface area contributed by atoms with Gasteiger partial charge in [-0.2, -0.15) is 0 Å². The van der Waals surface area contributed by atoms with Gasteiger partial charge in [-0.3, -0.25) is 18.6 Å². The van der Waals surface area contributed by atoms with Crippen LogP contribution >= 0.6 is 7.82 Å². The van der Waals surface area contributed by atoms with Gasteiger partial charge in [-0.05, 0) is 83.5 Å². The van der Waals surface area contributed by atoms with E-state index < -0.39 is 26.5 Å². The number of carbonyl (C=O) groups excluding carboxylic acids is 2. The molecule has 2 unspecified atom stereocenters. The van der Waals surface area contributed by atoms with Crippen LogP contribution in [0.5, 0.6) is 0 Å². The van der Waals surface area contributed by atoms with Crippen molar-refractivity contribution in [1.29, 1.82) is 0 Å². The molecule has 0 saturated carbocycles. The monoisotopic (exact) mass is 1400 g/mol. The van der Waals surface area contributed by atoms with E-state index in [-0.39, 0.29) is 25.6 Å². The average Bonchev–Trinajstić information content (AvgIpc) is 1.08. The quantitative estimate of drug-likeness (QED) is 0.0211. The van der Waals surface area contributed by atoms with Crippen LogP contribution in [0.15, 0.2) is 72.9 Å². The Morgan fingerprint density at radius 1 is 0.327 bits per heavy atom. The molecule has 0 fully saturated rings. The lowest BCUT2D eigenvalue weighted by Gasteiger charge is -2.24. The van der Waals surface area contributed by atoms with Crippen LogP contribution in [0, 0.1) is 0 Å². The van der Waals surface area contributed by atoms with Crippen LogP contribution in [0.4, 0.5) is 0 Å². The Hall–Kier alpha value is -2.55. The van der Waals surface area contributed by atoms with Crippen molar-refractivity contribution >= 4 is 19.8 Å². The summed E-state index contributed by atoms with van der Waals surface area (Å²) in [5.41, 5.74) is 0. The third-order valence-corrected chi connectivity index (χ3v) is 20.2. The van der Waals surface area contributed by atoms with Gasteiger partial charge in [-0.25, -0.2) is 4.57 Å². The van der Waals surface area contributed by atoms with Gasteiger partial charge >= 0.3 is 19.8 Å². The number of quaternary nitrogens is 1. The molecular formula is C88H165NO8P+. The van der Waals surface area contributed by atoms with Crippen LogP contribution in [0.25, 0.3) is 0 Å². The van der Waals surface area contributed by atoms with Crippen molar-refractivity contribution in [3.05, 3.63) is 72.9 Å². The molecule has 0 heterocycles. The number of ether oxygens (including phenoxy) is 2. The van der Waals surface area contributed by atoms with Crippen LogP contribution < -0.4 is 0 Å². The van der Waals surface area contributed by atoms with Gasteiger partial charge in [0.25, 0.3) is 0 Å². The second-order valence-electron chi connectivity index (χ2n) is 30.2. The van der Waals surface area contributed by atoms with E-state index in [0.717, 1.165) is 64.2 Å². The fourth-order valence-corrected chi connectivity index (χ4v) is 13.5. The number of hydrogen-bond acceptors (Lipinski definition) is 7. The number of likely N-dealkylation sites (N-methyl/N-ethyl adjacent to an activating group) is 1. The minimum atomic E-state index is -4.40. The first-order valence-electron chi connectivity index (χ1n) is 42.7. The van der Waals surface area contributed by atoms with Crippen molar-refractivity contribution in [2.45, 2.75) is 431 Å². The van der Waals surface area contributed by atoms with E-state index in [9.17, 15) is 19.0 Å². The smallest absolute Gasteiger partial charge is 0.462 e. The van der Waals surface area contributed by atoms with Gasteiger partial charge in [-0.15, -0.1) is 0 Å². The lowest BCUT2D eigenvalue weighted by Crippen LogP contribution is -2.37. The molecule has 574 valence electrons.